The molecule has 3 N–H and O–H groups in total. The van der Waals surface area contributed by atoms with Gasteiger partial charge in [0.1, 0.15) is 20.9 Å². The van der Waals surface area contributed by atoms with Crippen molar-refractivity contribution in [1.82, 2.24) is 9.97 Å². The van der Waals surface area contributed by atoms with Crippen LogP contribution in [-0.4, -0.2) is 40.6 Å². The molecule has 2 heterocycles. The number of benzene rings is 2. The molecule has 0 fully saturated rings. The number of hydrogen-bond donors (Lipinski definition) is 3. The molecule has 2 amide bonds. The predicted octanol–water partition coefficient (Wildman–Crippen LogP) is 5.32. The van der Waals surface area contributed by atoms with E-state index in [0.29, 0.717) is 15.6 Å². The first-order valence-corrected chi connectivity index (χ1v) is 14.2. The number of hydrogen-bond acceptors (Lipinski definition) is 8. The first-order chi connectivity index (χ1) is 18.1. The lowest BCUT2D eigenvalue weighted by molar-refractivity contribution is -0.115. The highest BCUT2D eigenvalue weighted by Gasteiger charge is 2.33. The number of halogens is 1. The number of aromatic nitrogens is 2. The van der Waals surface area contributed by atoms with Crippen molar-refractivity contribution in [2.75, 3.05) is 10.6 Å². The molecule has 2 aromatic heterocycles. The average Bonchev–Trinajstić information content (AvgIpc) is 3.38. The third-order valence-corrected chi connectivity index (χ3v) is 9.14. The number of rotatable bonds is 8. The molecule has 0 aliphatic carbocycles. The number of anilines is 2. The number of nitrogens with zero attached hydrogens (tertiary/aromatic N) is 2. The van der Waals surface area contributed by atoms with Gasteiger partial charge in [-0.25, -0.2) is 13.4 Å². The van der Waals surface area contributed by atoms with Crippen LogP contribution in [0.1, 0.15) is 28.7 Å². The van der Waals surface area contributed by atoms with Gasteiger partial charge < -0.3 is 15.7 Å². The third-order valence-electron chi connectivity index (χ3n) is 5.58. The van der Waals surface area contributed by atoms with Crippen LogP contribution >= 0.6 is 22.9 Å². The maximum Gasteiger partial charge on any atom is 0.267 e. The van der Waals surface area contributed by atoms with Crippen molar-refractivity contribution < 1.29 is 23.1 Å². The van der Waals surface area contributed by atoms with Crippen LogP contribution in [0.25, 0.3) is 10.6 Å². The number of aryl methyl sites for hydroxylation is 1. The number of phenols is 1. The van der Waals surface area contributed by atoms with Crippen LogP contribution in [0.5, 0.6) is 5.75 Å². The summed E-state index contributed by atoms with van der Waals surface area (Å²) in [6.45, 7) is 3.23. The van der Waals surface area contributed by atoms with Gasteiger partial charge in [-0.1, -0.05) is 48.9 Å². The number of thiazole rings is 1. The van der Waals surface area contributed by atoms with Gasteiger partial charge in [0.05, 0.1) is 27.5 Å². The standard InChI is InChI=1S/C26H23ClN4O5S2/c1-3-23(38(35,36)17-9-10-28-15(2)11-17)25(34)30-19-13-21(32)20(12-18(19)27)31-24(33)22-14-29-26(37-22)16-7-5-4-6-8-16/h4-14,23,32H,3H2,1-2H3,(H,30,34)(H,31,33). The highest BCUT2D eigenvalue weighted by atomic mass is 35.5. The predicted molar refractivity (Wildman–Crippen MR) is 147 cm³/mol. The Hall–Kier alpha value is -3.80. The molecule has 0 aliphatic rings. The molecule has 4 aromatic rings. The van der Waals surface area contributed by atoms with Crippen molar-refractivity contribution in [3.63, 3.8) is 0 Å². The lowest BCUT2D eigenvalue weighted by atomic mass is 10.2. The minimum Gasteiger partial charge on any atom is -0.506 e. The number of sulfone groups is 1. The molecule has 0 spiro atoms. The lowest BCUT2D eigenvalue weighted by Crippen LogP contribution is -2.34. The zero-order chi connectivity index (χ0) is 27.4. The molecular weight excluding hydrogens is 548 g/mol. The Balaban J connectivity index is 1.50. The maximum absolute atomic E-state index is 13.1. The van der Waals surface area contributed by atoms with Crippen LogP contribution in [-0.2, 0) is 14.6 Å². The Morgan fingerprint density at radius 1 is 1.05 bits per heavy atom. The van der Waals surface area contributed by atoms with Crippen LogP contribution in [0.15, 0.2) is 71.9 Å². The number of carbonyl (C=O) groups excluding carboxylic acids is 2. The molecule has 196 valence electrons. The molecule has 0 bridgehead atoms. The van der Waals surface area contributed by atoms with Gasteiger partial charge in [-0.15, -0.1) is 11.3 Å². The van der Waals surface area contributed by atoms with E-state index in [1.165, 1.54) is 41.9 Å². The summed E-state index contributed by atoms with van der Waals surface area (Å²) in [7, 11) is -4.01. The van der Waals surface area contributed by atoms with Crippen molar-refractivity contribution in [2.45, 2.75) is 30.4 Å². The number of nitrogens with one attached hydrogen (secondary N) is 2. The Labute approximate surface area is 228 Å². The van der Waals surface area contributed by atoms with Gasteiger partial charge in [0.25, 0.3) is 5.91 Å². The summed E-state index contributed by atoms with van der Waals surface area (Å²) >= 11 is 7.50. The van der Waals surface area contributed by atoms with Crippen molar-refractivity contribution >= 4 is 56.0 Å². The van der Waals surface area contributed by atoms with Crippen LogP contribution in [0.2, 0.25) is 5.02 Å². The van der Waals surface area contributed by atoms with Crippen LogP contribution in [0.4, 0.5) is 11.4 Å². The summed E-state index contributed by atoms with van der Waals surface area (Å²) in [5.41, 5.74) is 1.38. The van der Waals surface area contributed by atoms with Crippen LogP contribution in [0.3, 0.4) is 0 Å². The second kappa shape index (κ2) is 11.3. The van der Waals surface area contributed by atoms with Gasteiger partial charge in [-0.3, -0.25) is 14.6 Å². The SMILES string of the molecule is CCC(C(=O)Nc1cc(O)c(NC(=O)c2cnc(-c3ccccc3)s2)cc1Cl)S(=O)(=O)c1ccnc(C)c1. The van der Waals surface area contributed by atoms with Crippen LogP contribution in [0, 0.1) is 6.92 Å². The molecule has 38 heavy (non-hydrogen) atoms. The molecule has 1 atom stereocenters. The van der Waals surface area contributed by atoms with E-state index in [0.717, 1.165) is 11.6 Å². The number of amides is 2. The van der Waals surface area contributed by atoms with Crippen molar-refractivity contribution in [2.24, 2.45) is 0 Å². The molecule has 0 aliphatic heterocycles. The van der Waals surface area contributed by atoms with Crippen LogP contribution < -0.4 is 10.6 Å². The van der Waals surface area contributed by atoms with E-state index in [2.05, 4.69) is 20.6 Å². The fourth-order valence-electron chi connectivity index (χ4n) is 3.65. The molecule has 0 radical (unpaired) electrons. The minimum atomic E-state index is -4.01. The number of aromatic hydroxyl groups is 1. The Bertz CT molecular complexity index is 1610. The molecule has 0 saturated carbocycles. The van der Waals surface area contributed by atoms with Gasteiger partial charge in [-0.2, -0.15) is 0 Å². The Kier molecular flexibility index (Phi) is 8.10. The quantitative estimate of drug-likeness (QED) is 0.244. The van der Waals surface area contributed by atoms with Gasteiger partial charge in [-0.05, 0) is 31.5 Å². The highest BCUT2D eigenvalue weighted by Crippen LogP contribution is 2.35. The smallest absolute Gasteiger partial charge is 0.267 e. The van der Waals surface area contributed by atoms with E-state index in [-0.39, 0.29) is 33.5 Å². The van der Waals surface area contributed by atoms with E-state index < -0.39 is 26.9 Å². The fourth-order valence-corrected chi connectivity index (χ4v) is 6.38. The summed E-state index contributed by atoms with van der Waals surface area (Å²) in [5, 5.41) is 14.8. The summed E-state index contributed by atoms with van der Waals surface area (Å²) in [5.74, 6) is -1.68. The van der Waals surface area contributed by atoms with Gasteiger partial charge in [0.15, 0.2) is 9.84 Å². The average molecular weight is 571 g/mol. The zero-order valence-corrected chi connectivity index (χ0v) is 22.7. The normalized spacial score (nSPS) is 12.1. The summed E-state index contributed by atoms with van der Waals surface area (Å²) < 4.78 is 26.2. The third kappa shape index (κ3) is 5.85. The second-order valence-electron chi connectivity index (χ2n) is 8.26. The maximum atomic E-state index is 13.1. The highest BCUT2D eigenvalue weighted by molar-refractivity contribution is 7.92. The van der Waals surface area contributed by atoms with Crippen molar-refractivity contribution in [3.8, 4) is 16.3 Å². The van der Waals surface area contributed by atoms with E-state index in [1.54, 1.807) is 13.8 Å². The van der Waals surface area contributed by atoms with Gasteiger partial charge >= 0.3 is 0 Å². The second-order valence-corrected chi connectivity index (χ2v) is 11.8. The monoisotopic (exact) mass is 570 g/mol. The van der Waals surface area contributed by atoms with Crippen molar-refractivity contribution in [1.29, 1.82) is 0 Å². The summed E-state index contributed by atoms with van der Waals surface area (Å²) in [6, 6.07) is 14.5. The van der Waals surface area contributed by atoms with E-state index >= 15 is 0 Å². The first-order valence-electron chi connectivity index (χ1n) is 11.4. The topological polar surface area (TPSA) is 138 Å². The molecule has 0 saturated heterocycles. The minimum absolute atomic E-state index is 0.00382. The summed E-state index contributed by atoms with van der Waals surface area (Å²) in [4.78, 5) is 34.3. The molecule has 1 unspecified atom stereocenters. The van der Waals surface area contributed by atoms with E-state index in [4.69, 9.17) is 11.6 Å². The Morgan fingerprint density at radius 3 is 2.47 bits per heavy atom. The zero-order valence-electron chi connectivity index (χ0n) is 20.3. The Morgan fingerprint density at radius 2 is 1.79 bits per heavy atom. The van der Waals surface area contributed by atoms with Gasteiger partial charge in [0, 0.05) is 23.5 Å². The fraction of sp³-hybridized carbons (Fsp3) is 0.154. The summed E-state index contributed by atoms with van der Waals surface area (Å²) in [6.07, 6.45) is 2.81. The largest absolute Gasteiger partial charge is 0.506 e. The molecule has 4 rings (SSSR count). The molecule has 9 nitrogen and oxygen atoms in total. The van der Waals surface area contributed by atoms with Crippen molar-refractivity contribution in [3.05, 3.63) is 82.6 Å². The van der Waals surface area contributed by atoms with Gasteiger partial charge in [0.2, 0.25) is 5.91 Å². The lowest BCUT2D eigenvalue weighted by Gasteiger charge is -2.17. The first kappa shape index (κ1) is 27.2. The number of pyridine rings is 1. The van der Waals surface area contributed by atoms with E-state index in [1.807, 2.05) is 30.3 Å². The van der Waals surface area contributed by atoms with E-state index in [9.17, 15) is 23.1 Å². The molecular formula is C26H23ClN4O5S2. The molecule has 2 aromatic carbocycles. The molecule has 12 heteroatoms. The number of phenolic OH excluding ortho intramolecular Hbond substituents is 1. The number of carbonyl (C=O) groups is 2.